The Hall–Kier alpha value is -1.64. The number of rotatable bonds is 5. The summed E-state index contributed by atoms with van der Waals surface area (Å²) in [4.78, 5) is 11.9. The minimum absolute atomic E-state index is 0.0872. The van der Waals surface area contributed by atoms with Crippen molar-refractivity contribution < 1.29 is 9.00 Å². The molecule has 2 atom stereocenters. The van der Waals surface area contributed by atoms with E-state index in [1.54, 1.807) is 30.5 Å². The first-order valence-electron chi connectivity index (χ1n) is 6.44. The zero-order valence-electron chi connectivity index (χ0n) is 11.8. The fraction of sp³-hybridized carbons (Fsp3) is 0.400. The standard InChI is InChI=1S/C15H20N2O2S/c1-12(20(2)19)9-11-17-15(18)14-7-5-13(6-8-14)4-3-10-16/h5-8,12H,9-11,16H2,1-2H3,(H,17,18). The van der Waals surface area contributed by atoms with Gasteiger partial charge in [0.25, 0.3) is 5.91 Å². The quantitative estimate of drug-likeness (QED) is 0.792. The highest BCUT2D eigenvalue weighted by Crippen LogP contribution is 2.04. The molecule has 20 heavy (non-hydrogen) atoms. The van der Waals surface area contributed by atoms with Gasteiger partial charge in [-0.15, -0.1) is 0 Å². The number of carbonyl (C=O) groups is 1. The molecule has 1 amide bonds. The first kappa shape index (κ1) is 16.4. The molecule has 1 aromatic carbocycles. The normalized spacial score (nSPS) is 12.9. The van der Waals surface area contributed by atoms with E-state index in [2.05, 4.69) is 17.2 Å². The lowest BCUT2D eigenvalue weighted by Crippen LogP contribution is -2.27. The van der Waals surface area contributed by atoms with E-state index in [1.807, 2.05) is 6.92 Å². The van der Waals surface area contributed by atoms with Gasteiger partial charge >= 0.3 is 0 Å². The van der Waals surface area contributed by atoms with Crippen molar-refractivity contribution in [2.75, 3.05) is 19.3 Å². The van der Waals surface area contributed by atoms with Crippen LogP contribution < -0.4 is 11.1 Å². The average Bonchev–Trinajstić information content (AvgIpc) is 2.45. The fourth-order valence-electron chi connectivity index (χ4n) is 1.52. The van der Waals surface area contributed by atoms with Crippen molar-refractivity contribution in [3.05, 3.63) is 35.4 Å². The summed E-state index contributed by atoms with van der Waals surface area (Å²) in [7, 11) is -0.853. The van der Waals surface area contributed by atoms with Crippen LogP contribution in [-0.2, 0) is 10.8 Å². The van der Waals surface area contributed by atoms with E-state index in [0.717, 1.165) is 5.56 Å². The van der Waals surface area contributed by atoms with Crippen molar-refractivity contribution in [1.82, 2.24) is 5.32 Å². The minimum Gasteiger partial charge on any atom is -0.352 e. The third kappa shape index (κ3) is 5.55. The second-order valence-electron chi connectivity index (χ2n) is 4.44. The van der Waals surface area contributed by atoms with Crippen LogP contribution >= 0.6 is 0 Å². The molecule has 0 aromatic heterocycles. The minimum atomic E-state index is -0.853. The number of hydrogen-bond acceptors (Lipinski definition) is 3. The summed E-state index contributed by atoms with van der Waals surface area (Å²) in [5.41, 5.74) is 6.72. The third-order valence-corrected chi connectivity index (χ3v) is 4.25. The maximum Gasteiger partial charge on any atom is 0.251 e. The second kappa shape index (κ2) is 8.51. The summed E-state index contributed by atoms with van der Waals surface area (Å²) in [6.07, 6.45) is 2.38. The Morgan fingerprint density at radius 1 is 1.40 bits per heavy atom. The molecule has 108 valence electrons. The molecule has 5 heteroatoms. The van der Waals surface area contributed by atoms with Crippen molar-refractivity contribution in [2.45, 2.75) is 18.6 Å². The van der Waals surface area contributed by atoms with Crippen LogP contribution in [0.15, 0.2) is 24.3 Å². The molecule has 1 aromatic rings. The highest BCUT2D eigenvalue weighted by molar-refractivity contribution is 7.84. The molecule has 4 nitrogen and oxygen atoms in total. The predicted molar refractivity (Wildman–Crippen MR) is 82.9 cm³/mol. The largest absolute Gasteiger partial charge is 0.352 e. The maximum absolute atomic E-state index is 11.9. The van der Waals surface area contributed by atoms with Crippen molar-refractivity contribution in [1.29, 1.82) is 0 Å². The second-order valence-corrected chi connectivity index (χ2v) is 6.24. The lowest BCUT2D eigenvalue weighted by Gasteiger charge is -2.09. The number of benzene rings is 1. The Bertz CT molecular complexity index is 529. The van der Waals surface area contributed by atoms with Gasteiger partial charge < -0.3 is 11.1 Å². The van der Waals surface area contributed by atoms with Crippen molar-refractivity contribution in [2.24, 2.45) is 5.73 Å². The molecule has 0 bridgehead atoms. The van der Waals surface area contributed by atoms with Crippen LogP contribution in [0, 0.1) is 11.8 Å². The average molecular weight is 292 g/mol. The van der Waals surface area contributed by atoms with Gasteiger partial charge in [0.2, 0.25) is 0 Å². The van der Waals surface area contributed by atoms with Gasteiger partial charge in [-0.1, -0.05) is 18.8 Å². The van der Waals surface area contributed by atoms with Gasteiger partial charge in [0.15, 0.2) is 0 Å². The monoisotopic (exact) mass is 292 g/mol. The fourth-order valence-corrected chi connectivity index (χ4v) is 1.96. The van der Waals surface area contributed by atoms with E-state index in [-0.39, 0.29) is 11.2 Å². The van der Waals surface area contributed by atoms with Crippen LogP contribution in [0.1, 0.15) is 29.3 Å². The van der Waals surface area contributed by atoms with E-state index in [9.17, 15) is 9.00 Å². The molecule has 0 spiro atoms. The highest BCUT2D eigenvalue weighted by atomic mass is 32.2. The van der Waals surface area contributed by atoms with Crippen molar-refractivity contribution >= 4 is 16.7 Å². The zero-order chi connectivity index (χ0) is 15.0. The molecule has 0 aliphatic heterocycles. The van der Waals surface area contributed by atoms with Gasteiger partial charge in [-0.25, -0.2) is 0 Å². The smallest absolute Gasteiger partial charge is 0.251 e. The molecule has 0 aliphatic carbocycles. The van der Waals surface area contributed by atoms with Crippen LogP contribution in [0.4, 0.5) is 0 Å². The number of hydrogen-bond donors (Lipinski definition) is 2. The molecular formula is C15H20N2O2S. The summed E-state index contributed by atoms with van der Waals surface area (Å²) in [6, 6.07) is 7.05. The summed E-state index contributed by atoms with van der Waals surface area (Å²) >= 11 is 0. The predicted octanol–water partition coefficient (Wildman–Crippen LogP) is 0.884. The number of nitrogens with two attached hydrogens (primary N) is 1. The molecule has 3 N–H and O–H groups in total. The van der Waals surface area contributed by atoms with E-state index < -0.39 is 10.8 Å². The van der Waals surface area contributed by atoms with Crippen LogP contribution in [0.25, 0.3) is 0 Å². The van der Waals surface area contributed by atoms with E-state index in [4.69, 9.17) is 5.73 Å². The van der Waals surface area contributed by atoms with Gasteiger partial charge in [-0.05, 0) is 30.7 Å². The molecule has 0 fully saturated rings. The summed E-state index contributed by atoms with van der Waals surface area (Å²) in [5, 5.41) is 2.91. The van der Waals surface area contributed by atoms with Gasteiger partial charge in [0.1, 0.15) is 0 Å². The molecule has 2 unspecified atom stereocenters. The van der Waals surface area contributed by atoms with Crippen LogP contribution in [-0.4, -0.2) is 34.7 Å². The van der Waals surface area contributed by atoms with Crippen molar-refractivity contribution in [3.63, 3.8) is 0 Å². The van der Waals surface area contributed by atoms with E-state index in [1.165, 1.54) is 0 Å². The van der Waals surface area contributed by atoms with Crippen LogP contribution in [0.5, 0.6) is 0 Å². The van der Waals surface area contributed by atoms with Gasteiger partial charge in [-0.2, -0.15) is 0 Å². The molecular weight excluding hydrogens is 272 g/mol. The van der Waals surface area contributed by atoms with Gasteiger partial charge in [0, 0.05) is 40.0 Å². The summed E-state index contributed by atoms with van der Waals surface area (Å²) in [5.74, 6) is 5.53. The third-order valence-electron chi connectivity index (χ3n) is 2.88. The molecule has 0 saturated carbocycles. The highest BCUT2D eigenvalue weighted by Gasteiger charge is 2.08. The number of amides is 1. The Balaban J connectivity index is 2.49. The van der Waals surface area contributed by atoms with E-state index in [0.29, 0.717) is 25.1 Å². The summed E-state index contributed by atoms with van der Waals surface area (Å²) < 4.78 is 11.2. The van der Waals surface area contributed by atoms with Crippen molar-refractivity contribution in [3.8, 4) is 11.8 Å². The summed E-state index contributed by atoms with van der Waals surface area (Å²) in [6.45, 7) is 2.75. The van der Waals surface area contributed by atoms with E-state index >= 15 is 0 Å². The van der Waals surface area contributed by atoms with Crippen LogP contribution in [0.3, 0.4) is 0 Å². The SMILES string of the molecule is CC(CCNC(=O)c1ccc(C#CCN)cc1)S(C)=O. The Kier molecular flexibility index (Phi) is 6.99. The first-order valence-corrected chi connectivity index (χ1v) is 8.06. The lowest BCUT2D eigenvalue weighted by molar-refractivity contribution is 0.0953. The Morgan fingerprint density at radius 3 is 2.60 bits per heavy atom. The topological polar surface area (TPSA) is 72.2 Å². The lowest BCUT2D eigenvalue weighted by atomic mass is 10.1. The van der Waals surface area contributed by atoms with Gasteiger partial charge in [-0.3, -0.25) is 9.00 Å². The number of carbonyl (C=O) groups excluding carboxylic acids is 1. The maximum atomic E-state index is 11.9. The first-order chi connectivity index (χ1) is 9.54. The zero-order valence-corrected chi connectivity index (χ0v) is 12.6. The molecule has 0 radical (unpaired) electrons. The molecule has 0 saturated heterocycles. The number of nitrogens with one attached hydrogen (secondary N) is 1. The van der Waals surface area contributed by atoms with Crippen LogP contribution in [0.2, 0.25) is 0 Å². The molecule has 0 aliphatic rings. The van der Waals surface area contributed by atoms with Gasteiger partial charge in [0.05, 0.1) is 6.54 Å². The molecule has 0 heterocycles. The Labute approximate surface area is 122 Å². The Morgan fingerprint density at radius 2 is 2.05 bits per heavy atom. The molecule has 1 rings (SSSR count).